The number of halogens is 3. The number of aromatic nitrogens is 4. The quantitative estimate of drug-likeness (QED) is 0.883. The molecule has 6 nitrogen and oxygen atoms in total. The smallest absolute Gasteiger partial charge is 0.435 e. The van der Waals surface area contributed by atoms with Crippen LogP contribution in [0.5, 0.6) is 11.6 Å². The van der Waals surface area contributed by atoms with Gasteiger partial charge < -0.3 is 4.74 Å². The van der Waals surface area contributed by atoms with Crippen molar-refractivity contribution in [1.82, 2.24) is 20.0 Å². The lowest BCUT2D eigenvalue weighted by atomic mass is 10.4. The Morgan fingerprint density at radius 1 is 1.39 bits per heavy atom. The van der Waals surface area contributed by atoms with Crippen LogP contribution in [-0.2, 0) is 13.2 Å². The molecule has 0 aromatic carbocycles. The van der Waals surface area contributed by atoms with Crippen LogP contribution in [0.25, 0.3) is 0 Å². The molecule has 0 saturated carbocycles. The maximum atomic E-state index is 12.4. The van der Waals surface area contributed by atoms with Gasteiger partial charge in [-0.25, -0.2) is 9.78 Å². The van der Waals surface area contributed by atoms with Crippen molar-refractivity contribution in [2.45, 2.75) is 6.18 Å². The highest BCUT2D eigenvalue weighted by Gasteiger charge is 2.35. The van der Waals surface area contributed by atoms with Crippen molar-refractivity contribution in [3.8, 4) is 11.6 Å². The van der Waals surface area contributed by atoms with E-state index >= 15 is 0 Å². The second kappa shape index (κ2) is 4.17. The van der Waals surface area contributed by atoms with Crippen LogP contribution < -0.4 is 10.3 Å². The van der Waals surface area contributed by atoms with Crippen molar-refractivity contribution in [1.29, 1.82) is 0 Å². The van der Waals surface area contributed by atoms with Gasteiger partial charge in [0, 0.05) is 19.2 Å². The van der Waals surface area contributed by atoms with E-state index in [1.54, 1.807) is 0 Å². The molecule has 0 bridgehead atoms. The van der Waals surface area contributed by atoms with Gasteiger partial charge in [0.25, 0.3) is 5.56 Å². The summed E-state index contributed by atoms with van der Waals surface area (Å²) in [5.74, 6) is -0.120. The van der Waals surface area contributed by atoms with E-state index < -0.39 is 17.4 Å². The number of nitrogens with zero attached hydrogens (tertiary/aromatic N) is 3. The Hall–Kier alpha value is -2.32. The van der Waals surface area contributed by atoms with E-state index in [0.717, 1.165) is 16.8 Å². The normalized spacial score (nSPS) is 11.6. The van der Waals surface area contributed by atoms with E-state index in [4.69, 9.17) is 4.74 Å². The molecule has 0 unspecified atom stereocenters. The molecule has 9 heteroatoms. The standard InChI is InChI=1S/C9H7F3N4O2/c1-16-8(3-6(15-16)9(10,11)12)18-5-2-7(17)14-13-4-5/h2-4H,1H3,(H,14,17). The van der Waals surface area contributed by atoms with Crippen molar-refractivity contribution in [3.63, 3.8) is 0 Å². The summed E-state index contributed by atoms with van der Waals surface area (Å²) in [5.41, 5.74) is -1.59. The Balaban J connectivity index is 2.30. The van der Waals surface area contributed by atoms with Crippen LogP contribution in [0.15, 0.2) is 23.1 Å². The summed E-state index contributed by atoms with van der Waals surface area (Å²) in [5, 5.41) is 8.83. The minimum absolute atomic E-state index is 0.0236. The van der Waals surface area contributed by atoms with E-state index in [9.17, 15) is 18.0 Å². The third-order valence-corrected chi connectivity index (χ3v) is 1.99. The second-order valence-electron chi connectivity index (χ2n) is 3.37. The molecule has 1 N–H and O–H groups in total. The SMILES string of the molecule is Cn1nc(C(F)(F)F)cc1Oc1cn[nH]c(=O)c1. The summed E-state index contributed by atoms with van der Waals surface area (Å²) in [6, 6.07) is 1.80. The summed E-state index contributed by atoms with van der Waals surface area (Å²) in [7, 11) is 1.30. The molecule has 0 radical (unpaired) electrons. The first kappa shape index (κ1) is 12.1. The maximum absolute atomic E-state index is 12.4. The number of ether oxygens (including phenoxy) is 1. The topological polar surface area (TPSA) is 72.8 Å². The molecule has 0 atom stereocenters. The number of H-pyrrole nitrogens is 1. The van der Waals surface area contributed by atoms with Crippen LogP contribution in [-0.4, -0.2) is 20.0 Å². The Labute approximate surface area is 98.0 Å². The van der Waals surface area contributed by atoms with Gasteiger partial charge in [-0.3, -0.25) is 4.79 Å². The molecule has 2 aromatic rings. The fraction of sp³-hybridized carbons (Fsp3) is 0.222. The van der Waals surface area contributed by atoms with E-state index in [-0.39, 0.29) is 11.6 Å². The molecule has 0 amide bonds. The largest absolute Gasteiger partial charge is 0.437 e. The molecule has 2 rings (SSSR count). The number of nitrogens with one attached hydrogen (secondary N) is 1. The van der Waals surface area contributed by atoms with Crippen molar-refractivity contribution in [2.24, 2.45) is 7.05 Å². The minimum Gasteiger partial charge on any atom is -0.437 e. The first-order chi connectivity index (χ1) is 8.36. The van der Waals surface area contributed by atoms with Crippen molar-refractivity contribution >= 4 is 0 Å². The van der Waals surface area contributed by atoms with Crippen molar-refractivity contribution in [2.75, 3.05) is 0 Å². The first-order valence-electron chi connectivity index (χ1n) is 4.70. The minimum atomic E-state index is -4.55. The van der Waals surface area contributed by atoms with Crippen LogP contribution in [0.4, 0.5) is 13.2 Å². The maximum Gasteiger partial charge on any atom is 0.435 e. The van der Waals surface area contributed by atoms with Crippen molar-refractivity contribution in [3.05, 3.63) is 34.4 Å². The molecular weight excluding hydrogens is 253 g/mol. The molecule has 0 saturated heterocycles. The Kier molecular flexibility index (Phi) is 2.81. The van der Waals surface area contributed by atoms with Crippen LogP contribution in [0.1, 0.15) is 5.69 Å². The Morgan fingerprint density at radius 2 is 2.11 bits per heavy atom. The van der Waals surface area contributed by atoms with Gasteiger partial charge in [-0.05, 0) is 0 Å². The molecule has 0 aliphatic heterocycles. The highest BCUT2D eigenvalue weighted by Crippen LogP contribution is 2.31. The number of hydrogen-bond acceptors (Lipinski definition) is 4. The lowest BCUT2D eigenvalue weighted by molar-refractivity contribution is -0.141. The molecule has 0 spiro atoms. The highest BCUT2D eigenvalue weighted by atomic mass is 19.4. The van der Waals surface area contributed by atoms with Crippen LogP contribution in [0.2, 0.25) is 0 Å². The fourth-order valence-electron chi connectivity index (χ4n) is 1.22. The molecule has 2 aromatic heterocycles. The van der Waals surface area contributed by atoms with Crippen molar-refractivity contribution < 1.29 is 17.9 Å². The molecule has 2 heterocycles. The molecule has 18 heavy (non-hydrogen) atoms. The predicted molar refractivity (Wildman–Crippen MR) is 53.1 cm³/mol. The van der Waals surface area contributed by atoms with E-state index in [2.05, 4.69) is 15.3 Å². The zero-order valence-electron chi connectivity index (χ0n) is 9.02. The van der Waals surface area contributed by atoms with Gasteiger partial charge in [0.1, 0.15) is 0 Å². The molecular formula is C9H7F3N4O2. The molecule has 0 fully saturated rings. The number of alkyl halides is 3. The summed E-state index contributed by atoms with van der Waals surface area (Å²) >= 11 is 0. The van der Waals surface area contributed by atoms with Crippen LogP contribution >= 0.6 is 0 Å². The van der Waals surface area contributed by atoms with Gasteiger partial charge in [-0.15, -0.1) is 0 Å². The monoisotopic (exact) mass is 260 g/mol. The molecule has 0 aliphatic carbocycles. The first-order valence-corrected chi connectivity index (χ1v) is 4.70. The Morgan fingerprint density at radius 3 is 2.67 bits per heavy atom. The molecule has 96 valence electrons. The number of aryl methyl sites for hydroxylation is 1. The van der Waals surface area contributed by atoms with Gasteiger partial charge in [-0.2, -0.15) is 23.4 Å². The summed E-state index contributed by atoms with van der Waals surface area (Å²) < 4.78 is 43.2. The zero-order valence-corrected chi connectivity index (χ0v) is 9.02. The fourth-order valence-corrected chi connectivity index (χ4v) is 1.22. The van der Waals surface area contributed by atoms with Gasteiger partial charge in [0.05, 0.1) is 6.20 Å². The lowest BCUT2D eigenvalue weighted by Gasteiger charge is -2.02. The Bertz CT molecular complexity index is 617. The summed E-state index contributed by atoms with van der Waals surface area (Å²) in [6.07, 6.45) is -3.38. The van der Waals surface area contributed by atoms with E-state index in [1.165, 1.54) is 13.2 Å². The summed E-state index contributed by atoms with van der Waals surface area (Å²) in [4.78, 5) is 10.9. The second-order valence-corrected chi connectivity index (χ2v) is 3.37. The van der Waals surface area contributed by atoms with E-state index in [1.807, 2.05) is 0 Å². The highest BCUT2D eigenvalue weighted by molar-refractivity contribution is 5.25. The van der Waals surface area contributed by atoms with Crippen LogP contribution in [0, 0.1) is 0 Å². The van der Waals surface area contributed by atoms with Gasteiger partial charge in [-0.1, -0.05) is 0 Å². The van der Waals surface area contributed by atoms with Gasteiger partial charge in [0.15, 0.2) is 11.4 Å². The predicted octanol–water partition coefficient (Wildman–Crippen LogP) is 1.31. The lowest BCUT2D eigenvalue weighted by Crippen LogP contribution is -2.06. The third-order valence-electron chi connectivity index (χ3n) is 1.99. The number of aromatic amines is 1. The third kappa shape index (κ3) is 2.50. The van der Waals surface area contributed by atoms with E-state index in [0.29, 0.717) is 0 Å². The number of hydrogen-bond donors (Lipinski definition) is 1. The number of rotatable bonds is 2. The average Bonchev–Trinajstić information content (AvgIpc) is 2.60. The average molecular weight is 260 g/mol. The summed E-state index contributed by atoms with van der Waals surface area (Å²) in [6.45, 7) is 0. The molecule has 0 aliphatic rings. The zero-order chi connectivity index (χ0) is 13.3. The van der Waals surface area contributed by atoms with Gasteiger partial charge >= 0.3 is 6.18 Å². The van der Waals surface area contributed by atoms with Gasteiger partial charge in [0.2, 0.25) is 5.88 Å². The van der Waals surface area contributed by atoms with Crippen LogP contribution in [0.3, 0.4) is 0 Å².